The minimum Gasteiger partial charge on any atom is -0.334 e. The second-order valence-electron chi connectivity index (χ2n) is 8.00. The third-order valence-electron chi connectivity index (χ3n) is 6.07. The van der Waals surface area contributed by atoms with Gasteiger partial charge >= 0.3 is 0 Å². The summed E-state index contributed by atoms with van der Waals surface area (Å²) in [5.74, 6) is 0.675. The van der Waals surface area contributed by atoms with Crippen molar-refractivity contribution >= 4 is 16.8 Å². The van der Waals surface area contributed by atoms with Crippen molar-refractivity contribution in [1.82, 2.24) is 20.1 Å². The van der Waals surface area contributed by atoms with Gasteiger partial charge in [0.2, 0.25) is 0 Å². The summed E-state index contributed by atoms with van der Waals surface area (Å²) < 4.78 is 0. The first-order valence-corrected chi connectivity index (χ1v) is 9.83. The Bertz CT molecular complexity index is 1050. The highest BCUT2D eigenvalue weighted by Gasteiger charge is 2.31. The maximum absolute atomic E-state index is 13.4. The van der Waals surface area contributed by atoms with E-state index in [9.17, 15) is 4.79 Å². The molecule has 138 valence electrons. The summed E-state index contributed by atoms with van der Waals surface area (Å²) in [6.07, 6.45) is 4.58. The molecule has 1 aliphatic carbocycles. The molecule has 0 radical (unpaired) electrons. The number of H-pyrrole nitrogens is 1. The number of hydrogen-bond donors (Lipinski definition) is 1. The molecule has 1 fully saturated rings. The van der Waals surface area contributed by atoms with Crippen LogP contribution < -0.4 is 0 Å². The molecular weight excluding hydrogens is 336 g/mol. The fourth-order valence-corrected chi connectivity index (χ4v) is 4.33. The average molecular weight is 360 g/mol. The maximum atomic E-state index is 13.4. The van der Waals surface area contributed by atoms with Crippen LogP contribution in [0.4, 0.5) is 0 Å². The van der Waals surface area contributed by atoms with Gasteiger partial charge in [0.05, 0.1) is 16.8 Å². The van der Waals surface area contributed by atoms with E-state index >= 15 is 0 Å². The van der Waals surface area contributed by atoms with Gasteiger partial charge in [0, 0.05) is 47.8 Å². The fraction of sp³-hybridized carbons (Fsp3) is 0.409. The Hall–Kier alpha value is -2.69. The number of amides is 1. The Morgan fingerprint density at radius 1 is 1.22 bits per heavy atom. The maximum Gasteiger partial charge on any atom is 0.254 e. The zero-order valence-electron chi connectivity index (χ0n) is 15.9. The number of aromatic amines is 1. The predicted molar refractivity (Wildman–Crippen MR) is 105 cm³/mol. The van der Waals surface area contributed by atoms with Gasteiger partial charge in [-0.1, -0.05) is 18.1 Å². The zero-order valence-corrected chi connectivity index (χ0v) is 15.9. The van der Waals surface area contributed by atoms with E-state index in [1.165, 1.54) is 36.2 Å². The van der Waals surface area contributed by atoms with E-state index in [0.29, 0.717) is 12.5 Å². The highest BCUT2D eigenvalue weighted by atomic mass is 16.2. The van der Waals surface area contributed by atoms with E-state index in [4.69, 9.17) is 0 Å². The van der Waals surface area contributed by atoms with Crippen molar-refractivity contribution < 1.29 is 4.79 Å². The standard InChI is InChI=1S/C22H24N4O/c1-13-6-7-19-16(10-13)17(11-14(2)23-19)22(27)26-9-8-20-18(12-26)21(25-24-20)15-4-3-5-15/h6-7,10-11,15H,3-5,8-9,12H2,1-2H3,(H,24,25). The van der Waals surface area contributed by atoms with Gasteiger partial charge in [-0.3, -0.25) is 14.9 Å². The molecule has 5 rings (SSSR count). The molecule has 2 aromatic heterocycles. The molecule has 0 saturated heterocycles. The Kier molecular flexibility index (Phi) is 3.78. The smallest absolute Gasteiger partial charge is 0.254 e. The van der Waals surface area contributed by atoms with Crippen molar-refractivity contribution in [2.24, 2.45) is 0 Å². The quantitative estimate of drug-likeness (QED) is 0.750. The molecule has 0 unspecified atom stereocenters. The molecule has 0 bridgehead atoms. The molecule has 3 aromatic rings. The lowest BCUT2D eigenvalue weighted by Crippen LogP contribution is -2.36. The molecule has 5 nitrogen and oxygen atoms in total. The summed E-state index contributed by atoms with van der Waals surface area (Å²) in [7, 11) is 0. The number of aryl methyl sites for hydroxylation is 2. The van der Waals surface area contributed by atoms with E-state index in [-0.39, 0.29) is 5.91 Å². The molecule has 1 aromatic carbocycles. The monoisotopic (exact) mass is 360 g/mol. The Morgan fingerprint density at radius 2 is 2.07 bits per heavy atom. The number of nitrogens with zero attached hydrogens (tertiary/aromatic N) is 3. The minimum atomic E-state index is 0.0995. The highest BCUT2D eigenvalue weighted by molar-refractivity contribution is 6.06. The van der Waals surface area contributed by atoms with E-state index in [1.807, 2.05) is 30.0 Å². The summed E-state index contributed by atoms with van der Waals surface area (Å²) in [6, 6.07) is 8.06. The van der Waals surface area contributed by atoms with E-state index in [2.05, 4.69) is 28.2 Å². The van der Waals surface area contributed by atoms with Crippen LogP contribution in [0.2, 0.25) is 0 Å². The lowest BCUT2D eigenvalue weighted by molar-refractivity contribution is 0.0735. The largest absolute Gasteiger partial charge is 0.334 e. The van der Waals surface area contributed by atoms with Crippen molar-refractivity contribution in [3.8, 4) is 0 Å². The van der Waals surface area contributed by atoms with Crippen LogP contribution in [0.5, 0.6) is 0 Å². The van der Waals surface area contributed by atoms with Crippen LogP contribution in [0.15, 0.2) is 24.3 Å². The SMILES string of the molecule is Cc1ccc2nc(C)cc(C(=O)N3CCc4[nH]nc(C5CCC5)c4C3)c2c1. The molecule has 27 heavy (non-hydrogen) atoms. The number of carbonyl (C=O) groups is 1. The Labute approximate surface area is 158 Å². The van der Waals surface area contributed by atoms with Crippen LogP contribution in [0.25, 0.3) is 10.9 Å². The van der Waals surface area contributed by atoms with Crippen molar-refractivity contribution in [2.45, 2.75) is 52.0 Å². The van der Waals surface area contributed by atoms with Gasteiger partial charge in [-0.05, 0) is 44.9 Å². The van der Waals surface area contributed by atoms with Crippen molar-refractivity contribution in [1.29, 1.82) is 0 Å². The third-order valence-corrected chi connectivity index (χ3v) is 6.07. The fourth-order valence-electron chi connectivity index (χ4n) is 4.33. The van der Waals surface area contributed by atoms with Gasteiger partial charge in [-0.25, -0.2) is 0 Å². The van der Waals surface area contributed by atoms with Crippen LogP contribution in [-0.4, -0.2) is 32.5 Å². The summed E-state index contributed by atoms with van der Waals surface area (Å²) in [6.45, 7) is 5.39. The zero-order chi connectivity index (χ0) is 18.5. The van der Waals surface area contributed by atoms with Crippen LogP contribution in [0.1, 0.15) is 63.7 Å². The third kappa shape index (κ3) is 2.73. The van der Waals surface area contributed by atoms with Crippen molar-refractivity contribution in [2.75, 3.05) is 6.54 Å². The van der Waals surface area contributed by atoms with E-state index in [1.54, 1.807) is 0 Å². The number of aromatic nitrogens is 3. The normalized spacial score (nSPS) is 17.0. The van der Waals surface area contributed by atoms with Crippen molar-refractivity contribution in [3.63, 3.8) is 0 Å². The Balaban J connectivity index is 1.51. The summed E-state index contributed by atoms with van der Waals surface area (Å²) in [5.41, 5.74) is 7.34. The van der Waals surface area contributed by atoms with Crippen LogP contribution >= 0.6 is 0 Å². The lowest BCUT2D eigenvalue weighted by atomic mass is 9.80. The van der Waals surface area contributed by atoms with Gasteiger partial charge in [-0.2, -0.15) is 5.10 Å². The molecule has 1 N–H and O–H groups in total. The van der Waals surface area contributed by atoms with Gasteiger partial charge in [0.25, 0.3) is 5.91 Å². The minimum absolute atomic E-state index is 0.0995. The first-order chi connectivity index (χ1) is 13.1. The molecule has 1 saturated carbocycles. The van der Waals surface area contributed by atoms with Crippen LogP contribution in [-0.2, 0) is 13.0 Å². The second kappa shape index (κ2) is 6.19. The van der Waals surface area contributed by atoms with Crippen molar-refractivity contribution in [3.05, 3.63) is 58.0 Å². The summed E-state index contributed by atoms with van der Waals surface area (Å²) in [5, 5.41) is 8.76. The number of rotatable bonds is 2. The topological polar surface area (TPSA) is 61.9 Å². The molecule has 0 atom stereocenters. The first-order valence-electron chi connectivity index (χ1n) is 9.83. The molecule has 2 aliphatic rings. The lowest BCUT2D eigenvalue weighted by Gasteiger charge is -2.30. The number of pyridine rings is 1. The van der Waals surface area contributed by atoms with Crippen LogP contribution in [0, 0.1) is 13.8 Å². The molecule has 3 heterocycles. The van der Waals surface area contributed by atoms with Gasteiger partial charge in [0.15, 0.2) is 0 Å². The molecular formula is C22H24N4O. The number of hydrogen-bond acceptors (Lipinski definition) is 3. The van der Waals surface area contributed by atoms with E-state index in [0.717, 1.165) is 40.7 Å². The molecule has 1 amide bonds. The van der Waals surface area contributed by atoms with Crippen LogP contribution in [0.3, 0.4) is 0 Å². The number of carbonyl (C=O) groups excluding carboxylic acids is 1. The molecule has 0 spiro atoms. The summed E-state index contributed by atoms with van der Waals surface area (Å²) in [4.78, 5) is 20.0. The Morgan fingerprint density at radius 3 is 2.85 bits per heavy atom. The van der Waals surface area contributed by atoms with Gasteiger partial charge in [0.1, 0.15) is 0 Å². The number of benzene rings is 1. The number of nitrogens with one attached hydrogen (secondary N) is 1. The first kappa shape index (κ1) is 16.5. The molecule has 5 heteroatoms. The van der Waals surface area contributed by atoms with Gasteiger partial charge < -0.3 is 4.90 Å². The highest BCUT2D eigenvalue weighted by Crippen LogP contribution is 2.39. The summed E-state index contributed by atoms with van der Waals surface area (Å²) >= 11 is 0. The number of fused-ring (bicyclic) bond motifs is 2. The van der Waals surface area contributed by atoms with E-state index < -0.39 is 0 Å². The van der Waals surface area contributed by atoms with Gasteiger partial charge in [-0.15, -0.1) is 0 Å². The molecule has 1 aliphatic heterocycles. The second-order valence-corrected chi connectivity index (χ2v) is 8.00. The predicted octanol–water partition coefficient (Wildman–Crippen LogP) is 4.04. The average Bonchev–Trinajstić information content (AvgIpc) is 3.02.